The maximum absolute atomic E-state index is 11.5. The predicted molar refractivity (Wildman–Crippen MR) is 58.5 cm³/mol. The molecule has 15 heavy (non-hydrogen) atoms. The zero-order valence-corrected chi connectivity index (χ0v) is 9.54. The minimum Gasteiger partial charge on any atom is -0.480 e. The number of aliphatic carboxylic acids is 1. The van der Waals surface area contributed by atoms with Gasteiger partial charge in [0.1, 0.15) is 6.04 Å². The van der Waals surface area contributed by atoms with Crippen LogP contribution in [0, 0.1) is 5.41 Å². The maximum Gasteiger partial charge on any atom is 0.326 e. The molecule has 1 atom stereocenters. The highest BCUT2D eigenvalue weighted by Crippen LogP contribution is 2.13. The number of nitrogens with one attached hydrogen (secondary N) is 1. The summed E-state index contributed by atoms with van der Waals surface area (Å²) in [6.45, 7) is 8.75. The third kappa shape index (κ3) is 5.20. The molecular formula is C11H19NO3. The molecule has 4 nitrogen and oxygen atoms in total. The summed E-state index contributed by atoms with van der Waals surface area (Å²) in [6.07, 6.45) is 2.58. The van der Waals surface area contributed by atoms with Crippen molar-refractivity contribution in [2.75, 3.05) is 0 Å². The fourth-order valence-corrected chi connectivity index (χ4v) is 0.917. The van der Waals surface area contributed by atoms with Crippen molar-refractivity contribution in [3.05, 3.63) is 12.7 Å². The number of hydrogen-bond acceptors (Lipinski definition) is 2. The highest BCUT2D eigenvalue weighted by molar-refractivity contribution is 5.86. The Hall–Kier alpha value is -1.32. The Balaban J connectivity index is 4.35. The highest BCUT2D eigenvalue weighted by atomic mass is 16.4. The van der Waals surface area contributed by atoms with Gasteiger partial charge in [-0.05, 0) is 12.8 Å². The number of allylic oxidation sites excluding steroid dienone is 1. The van der Waals surface area contributed by atoms with Crippen LogP contribution in [-0.4, -0.2) is 23.0 Å². The SMILES string of the molecule is C=CCCC(NC(=O)C(C)(C)C)C(=O)O. The lowest BCUT2D eigenvalue weighted by molar-refractivity contribution is -0.143. The summed E-state index contributed by atoms with van der Waals surface area (Å²) in [4.78, 5) is 22.4. The zero-order valence-electron chi connectivity index (χ0n) is 9.54. The lowest BCUT2D eigenvalue weighted by Gasteiger charge is -2.21. The zero-order chi connectivity index (χ0) is 12.1. The van der Waals surface area contributed by atoms with E-state index in [-0.39, 0.29) is 5.91 Å². The summed E-state index contributed by atoms with van der Waals surface area (Å²) >= 11 is 0. The molecule has 0 aliphatic carbocycles. The average molecular weight is 213 g/mol. The van der Waals surface area contributed by atoms with Crippen LogP contribution < -0.4 is 5.32 Å². The molecular weight excluding hydrogens is 194 g/mol. The fourth-order valence-electron chi connectivity index (χ4n) is 0.917. The number of amides is 1. The van der Waals surface area contributed by atoms with E-state index in [0.29, 0.717) is 12.8 Å². The first-order chi connectivity index (χ1) is 6.79. The van der Waals surface area contributed by atoms with Crippen molar-refractivity contribution < 1.29 is 14.7 Å². The molecule has 0 radical (unpaired) electrons. The van der Waals surface area contributed by atoms with Crippen LogP contribution in [0.4, 0.5) is 0 Å². The van der Waals surface area contributed by atoms with Crippen molar-refractivity contribution in [2.24, 2.45) is 5.41 Å². The van der Waals surface area contributed by atoms with Gasteiger partial charge in [0.15, 0.2) is 0 Å². The highest BCUT2D eigenvalue weighted by Gasteiger charge is 2.26. The molecule has 0 spiro atoms. The van der Waals surface area contributed by atoms with Crippen molar-refractivity contribution in [2.45, 2.75) is 39.7 Å². The summed E-state index contributed by atoms with van der Waals surface area (Å²) in [5, 5.41) is 11.4. The molecule has 2 N–H and O–H groups in total. The molecule has 0 heterocycles. The lowest BCUT2D eigenvalue weighted by atomic mass is 9.95. The molecule has 1 unspecified atom stereocenters. The monoisotopic (exact) mass is 213 g/mol. The van der Waals surface area contributed by atoms with Gasteiger partial charge in [-0.25, -0.2) is 4.79 Å². The van der Waals surface area contributed by atoms with Crippen LogP contribution in [-0.2, 0) is 9.59 Å². The van der Waals surface area contributed by atoms with Gasteiger partial charge in [-0.1, -0.05) is 26.8 Å². The first-order valence-corrected chi connectivity index (χ1v) is 4.93. The fraction of sp³-hybridized carbons (Fsp3) is 0.636. The summed E-state index contributed by atoms with van der Waals surface area (Å²) in [7, 11) is 0. The van der Waals surface area contributed by atoms with E-state index in [0.717, 1.165) is 0 Å². The average Bonchev–Trinajstić information content (AvgIpc) is 2.09. The Bertz CT molecular complexity index is 253. The molecule has 0 saturated carbocycles. The Morgan fingerprint density at radius 3 is 2.33 bits per heavy atom. The van der Waals surface area contributed by atoms with Crippen molar-refractivity contribution in [1.82, 2.24) is 5.32 Å². The normalized spacial score (nSPS) is 13.0. The molecule has 4 heteroatoms. The Morgan fingerprint density at radius 1 is 1.47 bits per heavy atom. The number of carbonyl (C=O) groups is 2. The van der Waals surface area contributed by atoms with Gasteiger partial charge in [-0.15, -0.1) is 6.58 Å². The van der Waals surface area contributed by atoms with Crippen LogP contribution in [0.15, 0.2) is 12.7 Å². The molecule has 1 amide bonds. The molecule has 86 valence electrons. The number of carboxylic acids is 1. The Labute approximate surface area is 90.4 Å². The summed E-state index contributed by atoms with van der Waals surface area (Å²) in [6, 6.07) is -0.824. The van der Waals surface area contributed by atoms with E-state index in [9.17, 15) is 9.59 Å². The van der Waals surface area contributed by atoms with E-state index in [2.05, 4.69) is 11.9 Å². The van der Waals surface area contributed by atoms with E-state index in [4.69, 9.17) is 5.11 Å². The van der Waals surface area contributed by atoms with Gasteiger partial charge in [0, 0.05) is 5.41 Å². The van der Waals surface area contributed by atoms with E-state index >= 15 is 0 Å². The van der Waals surface area contributed by atoms with Crippen molar-refractivity contribution in [3.63, 3.8) is 0 Å². The van der Waals surface area contributed by atoms with E-state index in [1.807, 2.05) is 0 Å². The molecule has 0 aromatic carbocycles. The predicted octanol–water partition coefficient (Wildman–Crippen LogP) is 1.57. The summed E-state index contributed by atoms with van der Waals surface area (Å²) in [5.74, 6) is -1.26. The minimum atomic E-state index is -1.01. The molecule has 0 aliphatic rings. The van der Waals surface area contributed by atoms with Crippen molar-refractivity contribution in [1.29, 1.82) is 0 Å². The Morgan fingerprint density at radius 2 is 2.00 bits per heavy atom. The summed E-state index contributed by atoms with van der Waals surface area (Å²) in [5.41, 5.74) is -0.568. The van der Waals surface area contributed by atoms with Crippen LogP contribution in [0.5, 0.6) is 0 Å². The van der Waals surface area contributed by atoms with Gasteiger partial charge in [-0.3, -0.25) is 4.79 Å². The molecule has 0 fully saturated rings. The van der Waals surface area contributed by atoms with Gasteiger partial charge < -0.3 is 10.4 Å². The third-order valence-corrected chi connectivity index (χ3v) is 1.94. The second kappa shape index (κ2) is 5.53. The topological polar surface area (TPSA) is 66.4 Å². The number of carboxylic acid groups (broad SMARTS) is 1. The van der Waals surface area contributed by atoms with Crippen molar-refractivity contribution >= 4 is 11.9 Å². The summed E-state index contributed by atoms with van der Waals surface area (Å²) < 4.78 is 0. The third-order valence-electron chi connectivity index (χ3n) is 1.94. The molecule has 0 aliphatic heterocycles. The molecule has 0 aromatic heterocycles. The van der Waals surface area contributed by atoms with Crippen LogP contribution in [0.3, 0.4) is 0 Å². The van der Waals surface area contributed by atoms with E-state index in [1.165, 1.54) is 0 Å². The van der Waals surface area contributed by atoms with Crippen LogP contribution in [0.25, 0.3) is 0 Å². The van der Waals surface area contributed by atoms with E-state index < -0.39 is 17.4 Å². The largest absolute Gasteiger partial charge is 0.480 e. The number of hydrogen-bond donors (Lipinski definition) is 2. The first kappa shape index (κ1) is 13.7. The molecule has 0 bridgehead atoms. The van der Waals surface area contributed by atoms with Crippen LogP contribution in [0.2, 0.25) is 0 Å². The molecule has 0 saturated heterocycles. The van der Waals surface area contributed by atoms with Gasteiger partial charge in [0.2, 0.25) is 5.91 Å². The van der Waals surface area contributed by atoms with E-state index in [1.54, 1.807) is 26.8 Å². The quantitative estimate of drug-likeness (QED) is 0.681. The maximum atomic E-state index is 11.5. The first-order valence-electron chi connectivity index (χ1n) is 4.93. The van der Waals surface area contributed by atoms with Crippen LogP contribution in [0.1, 0.15) is 33.6 Å². The number of rotatable bonds is 5. The van der Waals surface area contributed by atoms with Crippen LogP contribution >= 0.6 is 0 Å². The number of carbonyl (C=O) groups excluding carboxylic acids is 1. The lowest BCUT2D eigenvalue weighted by Crippen LogP contribution is -2.45. The molecule has 0 aromatic rings. The van der Waals surface area contributed by atoms with Gasteiger partial charge >= 0.3 is 5.97 Å². The van der Waals surface area contributed by atoms with Crippen molar-refractivity contribution in [3.8, 4) is 0 Å². The minimum absolute atomic E-state index is 0.251. The molecule has 0 rings (SSSR count). The second-order valence-electron chi connectivity index (χ2n) is 4.48. The Kier molecular flexibility index (Phi) is 5.05. The van der Waals surface area contributed by atoms with Gasteiger partial charge in [0.05, 0.1) is 0 Å². The second-order valence-corrected chi connectivity index (χ2v) is 4.48. The smallest absolute Gasteiger partial charge is 0.326 e. The standard InChI is InChI=1S/C11H19NO3/c1-5-6-7-8(9(13)14)12-10(15)11(2,3)4/h5,8H,1,6-7H2,2-4H3,(H,12,15)(H,13,14). The van der Waals surface area contributed by atoms with Gasteiger partial charge in [-0.2, -0.15) is 0 Å². The van der Waals surface area contributed by atoms with Gasteiger partial charge in [0.25, 0.3) is 0 Å².